The number of nitrogens with zero attached hydrogens (tertiary/aromatic N) is 1. The summed E-state index contributed by atoms with van der Waals surface area (Å²) in [6.07, 6.45) is 1.64. The first kappa shape index (κ1) is 20.2. The predicted octanol–water partition coefficient (Wildman–Crippen LogP) is 3.89. The van der Waals surface area contributed by atoms with Gasteiger partial charge in [0, 0.05) is 10.7 Å². The van der Waals surface area contributed by atoms with Crippen LogP contribution in [0.15, 0.2) is 47.4 Å². The standard InChI is InChI=1S/C19H15ClN2O4S2/c1-26-15-8-11(2-7-14(15)23)9-16-18(25)22(19(27)28-16)10-17(24)21-13-5-3-12(20)4-6-13/h2-9,23H,10H2,1H3,(H,21,24)/b16-9-. The van der Waals surface area contributed by atoms with Crippen molar-refractivity contribution >= 4 is 63.5 Å². The van der Waals surface area contributed by atoms with Crippen LogP contribution in [-0.4, -0.2) is 39.8 Å². The van der Waals surface area contributed by atoms with Crippen molar-refractivity contribution in [3.8, 4) is 11.5 Å². The molecule has 1 saturated heterocycles. The van der Waals surface area contributed by atoms with Crippen LogP contribution >= 0.6 is 35.6 Å². The van der Waals surface area contributed by atoms with Gasteiger partial charge in [-0.2, -0.15) is 0 Å². The number of thioether (sulfide) groups is 1. The normalized spacial score (nSPS) is 15.2. The van der Waals surface area contributed by atoms with Gasteiger partial charge in [0.1, 0.15) is 10.9 Å². The van der Waals surface area contributed by atoms with Crippen molar-refractivity contribution in [3.63, 3.8) is 0 Å². The molecule has 0 saturated carbocycles. The fourth-order valence-corrected chi connectivity index (χ4v) is 3.83. The Bertz CT molecular complexity index is 976. The molecule has 1 aliphatic heterocycles. The minimum atomic E-state index is -0.369. The fourth-order valence-electron chi connectivity index (χ4n) is 2.45. The molecule has 28 heavy (non-hydrogen) atoms. The van der Waals surface area contributed by atoms with Gasteiger partial charge in [-0.05, 0) is 48.0 Å². The molecule has 1 fully saturated rings. The number of ether oxygens (including phenoxy) is 1. The number of carbonyl (C=O) groups excluding carboxylic acids is 2. The zero-order chi connectivity index (χ0) is 20.3. The summed E-state index contributed by atoms with van der Waals surface area (Å²) >= 11 is 12.2. The molecule has 2 amide bonds. The number of rotatable bonds is 5. The molecular formula is C19H15ClN2O4S2. The Labute approximate surface area is 176 Å². The van der Waals surface area contributed by atoms with E-state index in [4.69, 9.17) is 28.6 Å². The van der Waals surface area contributed by atoms with E-state index in [1.165, 1.54) is 18.1 Å². The second kappa shape index (κ2) is 8.64. The van der Waals surface area contributed by atoms with E-state index in [-0.39, 0.29) is 24.1 Å². The number of hydrogen-bond donors (Lipinski definition) is 2. The first-order valence-corrected chi connectivity index (χ1v) is 9.65. The molecule has 9 heteroatoms. The molecule has 0 atom stereocenters. The van der Waals surface area contributed by atoms with Gasteiger partial charge in [0.2, 0.25) is 5.91 Å². The van der Waals surface area contributed by atoms with Gasteiger partial charge in [0.15, 0.2) is 11.5 Å². The van der Waals surface area contributed by atoms with Gasteiger partial charge in [-0.15, -0.1) is 0 Å². The van der Waals surface area contributed by atoms with Crippen LogP contribution in [0.1, 0.15) is 5.56 Å². The quantitative estimate of drug-likeness (QED) is 0.549. The van der Waals surface area contributed by atoms with E-state index in [2.05, 4.69) is 5.32 Å². The molecule has 1 aliphatic rings. The van der Waals surface area contributed by atoms with Crippen molar-refractivity contribution in [2.24, 2.45) is 0 Å². The maximum absolute atomic E-state index is 12.6. The number of methoxy groups -OCH3 is 1. The number of phenolic OH excluding ortho intramolecular Hbond substituents is 1. The van der Waals surface area contributed by atoms with Crippen molar-refractivity contribution in [1.29, 1.82) is 0 Å². The largest absolute Gasteiger partial charge is 0.504 e. The maximum Gasteiger partial charge on any atom is 0.266 e. The lowest BCUT2D eigenvalue weighted by molar-refractivity contribution is -0.126. The van der Waals surface area contributed by atoms with Gasteiger partial charge >= 0.3 is 0 Å². The minimum absolute atomic E-state index is 0.00562. The second-order valence-corrected chi connectivity index (χ2v) is 7.87. The molecular weight excluding hydrogens is 420 g/mol. The summed E-state index contributed by atoms with van der Waals surface area (Å²) in [5.74, 6) is -0.419. The summed E-state index contributed by atoms with van der Waals surface area (Å²) in [7, 11) is 1.44. The lowest BCUT2D eigenvalue weighted by atomic mass is 10.2. The predicted molar refractivity (Wildman–Crippen MR) is 115 cm³/mol. The van der Waals surface area contributed by atoms with E-state index in [1.807, 2.05) is 0 Å². The number of phenols is 1. The number of carbonyl (C=O) groups is 2. The number of anilines is 1. The molecule has 0 spiro atoms. The Morgan fingerprint density at radius 1 is 1.32 bits per heavy atom. The van der Waals surface area contributed by atoms with Crippen molar-refractivity contribution in [2.45, 2.75) is 0 Å². The van der Waals surface area contributed by atoms with Crippen molar-refractivity contribution in [3.05, 3.63) is 58.0 Å². The minimum Gasteiger partial charge on any atom is -0.504 e. The van der Waals surface area contributed by atoms with Crippen LogP contribution in [0.2, 0.25) is 5.02 Å². The molecule has 2 N–H and O–H groups in total. The van der Waals surface area contributed by atoms with Crippen LogP contribution in [0.4, 0.5) is 5.69 Å². The number of thiocarbonyl (C=S) groups is 1. The topological polar surface area (TPSA) is 78.9 Å². The monoisotopic (exact) mass is 434 g/mol. The first-order chi connectivity index (χ1) is 13.4. The summed E-state index contributed by atoms with van der Waals surface area (Å²) in [6, 6.07) is 11.4. The van der Waals surface area contributed by atoms with Crippen molar-refractivity contribution in [2.75, 3.05) is 19.0 Å². The van der Waals surface area contributed by atoms with Crippen LogP contribution < -0.4 is 10.1 Å². The average molecular weight is 435 g/mol. The summed E-state index contributed by atoms with van der Waals surface area (Å²) < 4.78 is 5.37. The molecule has 6 nitrogen and oxygen atoms in total. The molecule has 2 aromatic carbocycles. The molecule has 0 aliphatic carbocycles. The van der Waals surface area contributed by atoms with Gasteiger partial charge in [0.05, 0.1) is 12.0 Å². The number of nitrogens with one attached hydrogen (secondary N) is 1. The summed E-state index contributed by atoms with van der Waals surface area (Å²) in [6.45, 7) is -0.191. The molecule has 0 aromatic heterocycles. The number of benzene rings is 2. The SMILES string of the molecule is COc1cc(/C=C2\SC(=S)N(CC(=O)Nc3ccc(Cl)cc3)C2=O)ccc1O. The number of hydrogen-bond acceptors (Lipinski definition) is 6. The van der Waals surface area contributed by atoms with E-state index in [9.17, 15) is 14.7 Å². The van der Waals surface area contributed by atoms with Crippen LogP contribution in [0.25, 0.3) is 6.08 Å². The highest BCUT2D eigenvalue weighted by atomic mass is 35.5. The molecule has 0 radical (unpaired) electrons. The smallest absolute Gasteiger partial charge is 0.266 e. The lowest BCUT2D eigenvalue weighted by Gasteiger charge is -2.14. The molecule has 2 aromatic rings. The summed E-state index contributed by atoms with van der Waals surface area (Å²) in [4.78, 5) is 26.5. The van der Waals surface area contributed by atoms with E-state index in [0.29, 0.717) is 31.2 Å². The number of amides is 2. The van der Waals surface area contributed by atoms with Crippen LogP contribution in [0.5, 0.6) is 11.5 Å². The zero-order valence-electron chi connectivity index (χ0n) is 14.6. The van der Waals surface area contributed by atoms with E-state index in [1.54, 1.807) is 42.5 Å². The third-order valence-electron chi connectivity index (χ3n) is 3.80. The third kappa shape index (κ3) is 4.64. The fraction of sp³-hybridized carbons (Fsp3) is 0.105. The number of aromatic hydroxyl groups is 1. The Balaban J connectivity index is 1.70. The Morgan fingerprint density at radius 2 is 2.04 bits per heavy atom. The van der Waals surface area contributed by atoms with E-state index in [0.717, 1.165) is 11.8 Å². The van der Waals surface area contributed by atoms with Gasteiger partial charge < -0.3 is 15.2 Å². The van der Waals surface area contributed by atoms with Gasteiger partial charge in [-0.3, -0.25) is 14.5 Å². The zero-order valence-corrected chi connectivity index (χ0v) is 17.0. The lowest BCUT2D eigenvalue weighted by Crippen LogP contribution is -2.36. The second-order valence-electron chi connectivity index (χ2n) is 5.75. The van der Waals surface area contributed by atoms with Gasteiger partial charge in [-0.1, -0.05) is 41.6 Å². The average Bonchev–Trinajstić information content (AvgIpc) is 2.92. The summed E-state index contributed by atoms with van der Waals surface area (Å²) in [5.41, 5.74) is 1.24. The van der Waals surface area contributed by atoms with Gasteiger partial charge in [0.25, 0.3) is 5.91 Å². The Morgan fingerprint density at radius 3 is 2.71 bits per heavy atom. The van der Waals surface area contributed by atoms with E-state index < -0.39 is 0 Å². The highest BCUT2D eigenvalue weighted by Crippen LogP contribution is 2.34. The third-order valence-corrected chi connectivity index (χ3v) is 5.43. The molecule has 144 valence electrons. The summed E-state index contributed by atoms with van der Waals surface area (Å²) in [5, 5.41) is 12.9. The van der Waals surface area contributed by atoms with E-state index >= 15 is 0 Å². The Kier molecular flexibility index (Phi) is 6.23. The van der Waals surface area contributed by atoms with Crippen LogP contribution in [-0.2, 0) is 9.59 Å². The first-order valence-electron chi connectivity index (χ1n) is 8.05. The molecule has 0 bridgehead atoms. The van der Waals surface area contributed by atoms with Crippen LogP contribution in [0.3, 0.4) is 0 Å². The molecule has 0 unspecified atom stereocenters. The number of halogens is 1. The van der Waals surface area contributed by atoms with Crippen molar-refractivity contribution in [1.82, 2.24) is 4.90 Å². The maximum atomic E-state index is 12.6. The highest BCUT2D eigenvalue weighted by Gasteiger charge is 2.33. The van der Waals surface area contributed by atoms with Gasteiger partial charge in [-0.25, -0.2) is 0 Å². The highest BCUT2D eigenvalue weighted by molar-refractivity contribution is 8.26. The Hall–Kier alpha value is -2.55. The molecule has 3 rings (SSSR count). The molecule has 1 heterocycles. The van der Waals surface area contributed by atoms with Crippen molar-refractivity contribution < 1.29 is 19.4 Å². The van der Waals surface area contributed by atoms with Crippen LogP contribution in [0, 0.1) is 0 Å².